The summed E-state index contributed by atoms with van der Waals surface area (Å²) in [5.41, 5.74) is 3.15. The summed E-state index contributed by atoms with van der Waals surface area (Å²) in [7, 11) is 1.55. The molecule has 1 heterocycles. The van der Waals surface area contributed by atoms with Gasteiger partial charge in [0.2, 0.25) is 0 Å². The van der Waals surface area contributed by atoms with E-state index < -0.39 is 5.82 Å². The first-order valence-electron chi connectivity index (χ1n) is 11.5. The number of ether oxygens (including phenoxy) is 2. The number of aliphatic imine (C=N–C) groups is 1. The molecule has 35 heavy (non-hydrogen) atoms. The number of nitrogens with zero attached hydrogens (tertiary/aromatic N) is 2. The van der Waals surface area contributed by atoms with Crippen LogP contribution in [0.15, 0.2) is 41.4 Å². The summed E-state index contributed by atoms with van der Waals surface area (Å²) in [5, 5.41) is 10.9. The lowest BCUT2D eigenvalue weighted by atomic mass is 9.72. The average Bonchev–Trinajstić information content (AvgIpc) is 3.18. The molecule has 182 valence electrons. The van der Waals surface area contributed by atoms with Crippen LogP contribution in [0.5, 0.6) is 11.5 Å². The molecule has 0 bridgehead atoms. The first-order valence-corrected chi connectivity index (χ1v) is 12.7. The Bertz CT molecular complexity index is 1280. The molecule has 0 saturated carbocycles. The van der Waals surface area contributed by atoms with Gasteiger partial charge in [-0.1, -0.05) is 38.4 Å². The van der Waals surface area contributed by atoms with Gasteiger partial charge in [-0.3, -0.25) is 0 Å². The molecule has 0 N–H and O–H groups in total. The number of methoxy groups -OCH3 is 1. The van der Waals surface area contributed by atoms with Crippen LogP contribution >= 0.6 is 22.9 Å². The van der Waals surface area contributed by atoms with E-state index in [-0.39, 0.29) is 17.6 Å². The minimum Gasteiger partial charge on any atom is -0.493 e. The summed E-state index contributed by atoms with van der Waals surface area (Å²) in [6, 6.07) is 12.3. The standard InChI is InChI=1S/C28H28ClFN2O2S/c1-28(2,3)18-9-10-19-20(14-31)27(35-26(19)13-18)32-15-17-8-11-24(33-4)25(12-17)34-16-21-22(29)6-5-7-23(21)30/h5-8,11-12,15,18H,9-10,13,16H2,1-4H3/t18-/m0/s1. The van der Waals surface area contributed by atoms with Crippen molar-refractivity contribution < 1.29 is 13.9 Å². The summed E-state index contributed by atoms with van der Waals surface area (Å²) < 4.78 is 25.4. The highest BCUT2D eigenvalue weighted by molar-refractivity contribution is 7.16. The van der Waals surface area contributed by atoms with Gasteiger partial charge in [-0.25, -0.2) is 9.38 Å². The highest BCUT2D eigenvalue weighted by atomic mass is 35.5. The number of rotatable bonds is 6. The number of thiophene rings is 1. The zero-order valence-corrected chi connectivity index (χ0v) is 21.9. The van der Waals surface area contributed by atoms with E-state index in [2.05, 4.69) is 31.8 Å². The van der Waals surface area contributed by atoms with Gasteiger partial charge < -0.3 is 9.47 Å². The monoisotopic (exact) mass is 510 g/mol. The first-order chi connectivity index (χ1) is 16.7. The molecule has 1 aliphatic rings. The molecule has 7 heteroatoms. The van der Waals surface area contributed by atoms with Crippen molar-refractivity contribution in [3.63, 3.8) is 0 Å². The van der Waals surface area contributed by atoms with Gasteiger partial charge in [0.05, 0.1) is 17.7 Å². The lowest BCUT2D eigenvalue weighted by molar-refractivity contribution is 0.218. The van der Waals surface area contributed by atoms with Crippen molar-refractivity contribution in [2.75, 3.05) is 7.11 Å². The summed E-state index contributed by atoms with van der Waals surface area (Å²) in [6.07, 6.45) is 4.73. The second-order valence-electron chi connectivity index (χ2n) is 9.76. The van der Waals surface area contributed by atoms with Crippen LogP contribution in [0.1, 0.15) is 54.3 Å². The molecule has 3 aromatic rings. The van der Waals surface area contributed by atoms with Crippen LogP contribution in [0.2, 0.25) is 5.02 Å². The van der Waals surface area contributed by atoms with Crippen molar-refractivity contribution >= 4 is 34.2 Å². The maximum Gasteiger partial charge on any atom is 0.162 e. The van der Waals surface area contributed by atoms with Crippen molar-refractivity contribution in [3.05, 3.63) is 74.4 Å². The third-order valence-electron chi connectivity index (χ3n) is 6.54. The molecule has 0 radical (unpaired) electrons. The molecular weight excluding hydrogens is 483 g/mol. The van der Waals surface area contributed by atoms with Crippen molar-refractivity contribution in [3.8, 4) is 17.6 Å². The maximum atomic E-state index is 14.1. The SMILES string of the molecule is COc1ccc(C=Nc2sc3c(c2C#N)CC[C@H](C(C)(C)C)C3)cc1OCc1c(F)cccc1Cl. The Hall–Kier alpha value is -2.88. The van der Waals surface area contributed by atoms with Crippen LogP contribution < -0.4 is 9.47 Å². The van der Waals surface area contributed by atoms with Crippen molar-refractivity contribution in [2.24, 2.45) is 16.3 Å². The number of fused-ring (bicyclic) bond motifs is 1. The minimum atomic E-state index is -0.423. The number of hydrogen-bond donors (Lipinski definition) is 0. The van der Waals surface area contributed by atoms with E-state index in [1.165, 1.54) is 10.9 Å². The molecule has 0 unspecified atom stereocenters. The van der Waals surface area contributed by atoms with E-state index in [0.717, 1.165) is 35.4 Å². The van der Waals surface area contributed by atoms with Gasteiger partial charge in [0, 0.05) is 16.7 Å². The zero-order chi connectivity index (χ0) is 25.2. The Labute approximate surface area is 215 Å². The normalized spacial score (nSPS) is 15.6. The molecule has 1 atom stereocenters. The largest absolute Gasteiger partial charge is 0.493 e. The second kappa shape index (κ2) is 10.4. The number of hydrogen-bond acceptors (Lipinski definition) is 5. The van der Waals surface area contributed by atoms with Gasteiger partial charge in [0.15, 0.2) is 11.5 Å². The highest BCUT2D eigenvalue weighted by Gasteiger charge is 2.32. The highest BCUT2D eigenvalue weighted by Crippen LogP contribution is 2.45. The van der Waals surface area contributed by atoms with Crippen molar-refractivity contribution in [1.29, 1.82) is 5.26 Å². The zero-order valence-electron chi connectivity index (χ0n) is 20.3. The fraction of sp³-hybridized carbons (Fsp3) is 0.357. The molecule has 0 fully saturated rings. The van der Waals surface area contributed by atoms with Crippen LogP contribution in [0.4, 0.5) is 9.39 Å². The van der Waals surface area contributed by atoms with E-state index >= 15 is 0 Å². The minimum absolute atomic E-state index is 0.0341. The van der Waals surface area contributed by atoms with Crippen molar-refractivity contribution in [1.82, 2.24) is 0 Å². The molecule has 4 nitrogen and oxygen atoms in total. The van der Waals surface area contributed by atoms with Crippen LogP contribution in [0.3, 0.4) is 0 Å². The van der Waals surface area contributed by atoms with Crippen LogP contribution in [-0.2, 0) is 19.4 Å². The quantitative estimate of drug-likeness (QED) is 0.317. The van der Waals surface area contributed by atoms with Gasteiger partial charge in [-0.2, -0.15) is 5.26 Å². The second-order valence-corrected chi connectivity index (χ2v) is 11.2. The van der Waals surface area contributed by atoms with Gasteiger partial charge in [-0.05, 0) is 72.1 Å². The Balaban J connectivity index is 1.57. The fourth-order valence-corrected chi connectivity index (χ4v) is 5.80. The van der Waals surface area contributed by atoms with E-state index in [1.807, 2.05) is 6.07 Å². The molecule has 2 aromatic carbocycles. The lowest BCUT2D eigenvalue weighted by Gasteiger charge is -2.33. The van der Waals surface area contributed by atoms with E-state index in [1.54, 1.807) is 48.9 Å². The van der Waals surface area contributed by atoms with Gasteiger partial charge in [0.25, 0.3) is 0 Å². The van der Waals surface area contributed by atoms with Crippen LogP contribution in [0, 0.1) is 28.5 Å². The number of halogens is 2. The fourth-order valence-electron chi connectivity index (χ4n) is 4.36. The van der Waals surface area contributed by atoms with Gasteiger partial charge in [0.1, 0.15) is 23.5 Å². The predicted octanol–water partition coefficient (Wildman–Crippen LogP) is 7.90. The molecule has 4 rings (SSSR count). The Morgan fingerprint density at radius 3 is 2.74 bits per heavy atom. The van der Waals surface area contributed by atoms with Gasteiger partial charge >= 0.3 is 0 Å². The Morgan fingerprint density at radius 2 is 2.06 bits per heavy atom. The van der Waals surface area contributed by atoms with E-state index in [9.17, 15) is 9.65 Å². The van der Waals surface area contributed by atoms with E-state index in [4.69, 9.17) is 21.1 Å². The third-order valence-corrected chi connectivity index (χ3v) is 8.05. The lowest BCUT2D eigenvalue weighted by Crippen LogP contribution is -2.26. The van der Waals surface area contributed by atoms with E-state index in [0.29, 0.717) is 28.0 Å². The summed E-state index contributed by atoms with van der Waals surface area (Å²) in [4.78, 5) is 5.95. The van der Waals surface area contributed by atoms with Crippen LogP contribution in [-0.4, -0.2) is 13.3 Å². The predicted molar refractivity (Wildman–Crippen MR) is 140 cm³/mol. The average molecular weight is 511 g/mol. The van der Waals surface area contributed by atoms with Crippen molar-refractivity contribution in [2.45, 2.75) is 46.6 Å². The summed E-state index contributed by atoms with van der Waals surface area (Å²) >= 11 is 7.74. The molecule has 1 aromatic heterocycles. The molecular formula is C28H28ClFN2O2S. The molecule has 0 aliphatic heterocycles. The topological polar surface area (TPSA) is 54.6 Å². The molecule has 0 saturated heterocycles. The Kier molecular flexibility index (Phi) is 7.49. The maximum absolute atomic E-state index is 14.1. The smallest absolute Gasteiger partial charge is 0.162 e. The number of nitriles is 1. The van der Waals surface area contributed by atoms with Gasteiger partial charge in [-0.15, -0.1) is 11.3 Å². The first kappa shape index (κ1) is 25.2. The molecule has 0 amide bonds. The van der Waals surface area contributed by atoms with Crippen LogP contribution in [0.25, 0.3) is 0 Å². The Morgan fingerprint density at radius 1 is 1.26 bits per heavy atom. The summed E-state index contributed by atoms with van der Waals surface area (Å²) in [5.74, 6) is 1.15. The molecule has 1 aliphatic carbocycles. The molecule has 0 spiro atoms. The summed E-state index contributed by atoms with van der Waals surface area (Å²) in [6.45, 7) is 6.81. The number of benzene rings is 2. The third kappa shape index (κ3) is 5.52.